The molecular formula is C15H18N2O2. The fourth-order valence-corrected chi connectivity index (χ4v) is 2.06. The van der Waals surface area contributed by atoms with Gasteiger partial charge in [0.05, 0.1) is 24.7 Å². The molecule has 0 atom stereocenters. The van der Waals surface area contributed by atoms with Gasteiger partial charge in [-0.1, -0.05) is 12.1 Å². The SMILES string of the molecule is COCCN(C(=O)Cc1ccc(C#N)cc1)C1CC1. The van der Waals surface area contributed by atoms with Crippen molar-refractivity contribution in [3.8, 4) is 6.07 Å². The zero-order chi connectivity index (χ0) is 13.7. The molecule has 0 aromatic heterocycles. The summed E-state index contributed by atoms with van der Waals surface area (Å²) in [7, 11) is 1.65. The normalized spacial score (nSPS) is 13.9. The summed E-state index contributed by atoms with van der Waals surface area (Å²) in [6, 6.07) is 9.67. The molecule has 0 unspecified atom stereocenters. The lowest BCUT2D eigenvalue weighted by atomic mass is 10.1. The first-order chi connectivity index (χ1) is 9.24. The monoisotopic (exact) mass is 258 g/mol. The predicted molar refractivity (Wildman–Crippen MR) is 71.5 cm³/mol. The van der Waals surface area contributed by atoms with Gasteiger partial charge in [-0.2, -0.15) is 5.26 Å². The zero-order valence-electron chi connectivity index (χ0n) is 11.1. The first-order valence-corrected chi connectivity index (χ1v) is 6.52. The van der Waals surface area contributed by atoms with Crippen molar-refractivity contribution in [1.82, 2.24) is 4.90 Å². The van der Waals surface area contributed by atoms with Crippen LogP contribution in [0.25, 0.3) is 0 Å². The largest absolute Gasteiger partial charge is 0.383 e. The molecule has 0 N–H and O–H groups in total. The highest BCUT2D eigenvalue weighted by Gasteiger charge is 2.31. The van der Waals surface area contributed by atoms with Gasteiger partial charge in [-0.25, -0.2) is 0 Å². The lowest BCUT2D eigenvalue weighted by molar-refractivity contribution is -0.131. The van der Waals surface area contributed by atoms with Crippen molar-refractivity contribution in [3.63, 3.8) is 0 Å². The van der Waals surface area contributed by atoms with Crippen LogP contribution in [0.2, 0.25) is 0 Å². The van der Waals surface area contributed by atoms with Crippen molar-refractivity contribution in [1.29, 1.82) is 5.26 Å². The number of hydrogen-bond donors (Lipinski definition) is 0. The average molecular weight is 258 g/mol. The maximum Gasteiger partial charge on any atom is 0.227 e. The van der Waals surface area contributed by atoms with Crippen LogP contribution in [0.3, 0.4) is 0 Å². The standard InChI is InChI=1S/C15H18N2O2/c1-19-9-8-17(14-6-7-14)15(18)10-12-2-4-13(11-16)5-3-12/h2-5,14H,6-10H2,1H3. The molecule has 0 aliphatic heterocycles. The highest BCUT2D eigenvalue weighted by Crippen LogP contribution is 2.27. The highest BCUT2D eigenvalue weighted by atomic mass is 16.5. The molecule has 4 nitrogen and oxygen atoms in total. The topological polar surface area (TPSA) is 53.3 Å². The van der Waals surface area contributed by atoms with E-state index in [0.29, 0.717) is 31.2 Å². The van der Waals surface area contributed by atoms with Gasteiger partial charge in [-0.15, -0.1) is 0 Å². The van der Waals surface area contributed by atoms with E-state index in [4.69, 9.17) is 10.00 Å². The van der Waals surface area contributed by atoms with Gasteiger partial charge < -0.3 is 9.64 Å². The second-order valence-corrected chi connectivity index (χ2v) is 4.80. The molecule has 1 saturated carbocycles. The Morgan fingerprint density at radius 1 is 1.42 bits per heavy atom. The summed E-state index contributed by atoms with van der Waals surface area (Å²) in [6.07, 6.45) is 2.59. The number of carbonyl (C=O) groups is 1. The molecule has 100 valence electrons. The fraction of sp³-hybridized carbons (Fsp3) is 0.467. The van der Waals surface area contributed by atoms with Crippen molar-refractivity contribution in [3.05, 3.63) is 35.4 Å². The van der Waals surface area contributed by atoms with E-state index in [1.165, 1.54) is 0 Å². The van der Waals surface area contributed by atoms with E-state index < -0.39 is 0 Å². The van der Waals surface area contributed by atoms with Crippen LogP contribution >= 0.6 is 0 Å². The van der Waals surface area contributed by atoms with Gasteiger partial charge in [0.1, 0.15) is 0 Å². The van der Waals surface area contributed by atoms with Crippen LogP contribution in [0.1, 0.15) is 24.0 Å². The molecule has 1 aliphatic rings. The van der Waals surface area contributed by atoms with Crippen molar-refractivity contribution >= 4 is 5.91 Å². The third-order valence-electron chi connectivity index (χ3n) is 3.28. The van der Waals surface area contributed by atoms with Crippen LogP contribution < -0.4 is 0 Å². The quantitative estimate of drug-likeness (QED) is 0.781. The van der Waals surface area contributed by atoms with Crippen LogP contribution in [-0.2, 0) is 16.0 Å². The number of benzene rings is 1. The van der Waals surface area contributed by atoms with E-state index in [2.05, 4.69) is 6.07 Å². The van der Waals surface area contributed by atoms with Crippen LogP contribution in [0, 0.1) is 11.3 Å². The molecule has 1 aromatic rings. The molecule has 0 spiro atoms. The lowest BCUT2D eigenvalue weighted by Gasteiger charge is -2.22. The van der Waals surface area contributed by atoms with Crippen molar-refractivity contribution in [2.75, 3.05) is 20.3 Å². The third-order valence-corrected chi connectivity index (χ3v) is 3.28. The van der Waals surface area contributed by atoms with Gasteiger partial charge in [0, 0.05) is 19.7 Å². The summed E-state index contributed by atoms with van der Waals surface area (Å²) in [6.45, 7) is 1.24. The lowest BCUT2D eigenvalue weighted by Crippen LogP contribution is -2.36. The number of amides is 1. The maximum atomic E-state index is 12.3. The summed E-state index contributed by atoms with van der Waals surface area (Å²) < 4.78 is 5.05. The number of methoxy groups -OCH3 is 1. The van der Waals surface area contributed by atoms with Crippen LogP contribution in [-0.4, -0.2) is 37.1 Å². The summed E-state index contributed by atoms with van der Waals surface area (Å²) >= 11 is 0. The smallest absolute Gasteiger partial charge is 0.227 e. The van der Waals surface area contributed by atoms with Crippen molar-refractivity contribution in [2.45, 2.75) is 25.3 Å². The van der Waals surface area contributed by atoms with Crippen LogP contribution in [0.5, 0.6) is 0 Å². The Hall–Kier alpha value is -1.86. The first kappa shape index (κ1) is 13.6. The number of ether oxygens (including phenoxy) is 1. The van der Waals surface area contributed by atoms with E-state index in [1.54, 1.807) is 19.2 Å². The van der Waals surface area contributed by atoms with Gasteiger partial charge in [0.15, 0.2) is 0 Å². The van der Waals surface area contributed by atoms with Crippen LogP contribution in [0.15, 0.2) is 24.3 Å². The Balaban J connectivity index is 1.95. The Kier molecular flexibility index (Phi) is 4.53. The molecule has 19 heavy (non-hydrogen) atoms. The molecule has 1 fully saturated rings. The average Bonchev–Trinajstić information content (AvgIpc) is 3.25. The van der Waals surface area contributed by atoms with Crippen molar-refractivity contribution in [2.24, 2.45) is 0 Å². The first-order valence-electron chi connectivity index (χ1n) is 6.52. The van der Waals surface area contributed by atoms with E-state index in [-0.39, 0.29) is 5.91 Å². The number of carbonyl (C=O) groups excluding carboxylic acids is 1. The van der Waals surface area contributed by atoms with Crippen molar-refractivity contribution < 1.29 is 9.53 Å². The Bertz CT molecular complexity index is 472. The number of nitrogens with zero attached hydrogens (tertiary/aromatic N) is 2. The molecule has 0 saturated heterocycles. The molecule has 2 rings (SSSR count). The minimum Gasteiger partial charge on any atom is -0.383 e. The molecule has 4 heteroatoms. The van der Waals surface area contributed by atoms with E-state index in [1.807, 2.05) is 17.0 Å². The molecular weight excluding hydrogens is 240 g/mol. The van der Waals surface area contributed by atoms with Gasteiger partial charge in [-0.05, 0) is 30.5 Å². The minimum atomic E-state index is 0.143. The Morgan fingerprint density at radius 3 is 2.63 bits per heavy atom. The maximum absolute atomic E-state index is 12.3. The molecule has 0 radical (unpaired) electrons. The molecule has 1 amide bonds. The Labute approximate surface area is 113 Å². The highest BCUT2D eigenvalue weighted by molar-refractivity contribution is 5.79. The summed E-state index contributed by atoms with van der Waals surface area (Å²) in [5, 5.41) is 8.74. The minimum absolute atomic E-state index is 0.143. The zero-order valence-corrected chi connectivity index (χ0v) is 11.1. The van der Waals surface area contributed by atoms with E-state index in [0.717, 1.165) is 18.4 Å². The van der Waals surface area contributed by atoms with Gasteiger partial charge in [0.25, 0.3) is 0 Å². The van der Waals surface area contributed by atoms with Gasteiger partial charge in [0.2, 0.25) is 5.91 Å². The van der Waals surface area contributed by atoms with E-state index in [9.17, 15) is 4.79 Å². The molecule has 1 aromatic carbocycles. The molecule has 1 aliphatic carbocycles. The predicted octanol–water partition coefficient (Wildman–Crippen LogP) is 1.74. The summed E-state index contributed by atoms with van der Waals surface area (Å²) in [5.41, 5.74) is 1.57. The van der Waals surface area contributed by atoms with E-state index >= 15 is 0 Å². The summed E-state index contributed by atoms with van der Waals surface area (Å²) in [5.74, 6) is 0.143. The van der Waals surface area contributed by atoms with Gasteiger partial charge >= 0.3 is 0 Å². The number of rotatable bonds is 6. The van der Waals surface area contributed by atoms with Gasteiger partial charge in [-0.3, -0.25) is 4.79 Å². The van der Waals surface area contributed by atoms with Crippen LogP contribution in [0.4, 0.5) is 0 Å². The molecule has 0 heterocycles. The fourth-order valence-electron chi connectivity index (χ4n) is 2.06. The molecule has 0 bridgehead atoms. The Morgan fingerprint density at radius 2 is 2.11 bits per heavy atom. The second kappa shape index (κ2) is 6.35. The number of hydrogen-bond acceptors (Lipinski definition) is 3. The second-order valence-electron chi connectivity index (χ2n) is 4.80. The third kappa shape index (κ3) is 3.80. The number of nitriles is 1. The summed E-state index contributed by atoms with van der Waals surface area (Å²) in [4.78, 5) is 14.2.